The van der Waals surface area contributed by atoms with Gasteiger partial charge in [0.25, 0.3) is 0 Å². The maximum atomic E-state index is 11.9. The number of rotatable bonds is 8. The second-order valence-electron chi connectivity index (χ2n) is 5.28. The zero-order valence-corrected chi connectivity index (χ0v) is 13.4. The van der Waals surface area contributed by atoms with Crippen LogP contribution in [0.1, 0.15) is 34.1 Å². The number of amides is 2. The average Bonchev–Trinajstić information content (AvgIpc) is 2.24. The summed E-state index contributed by atoms with van der Waals surface area (Å²) in [6.45, 7) is 9.11. The molecule has 0 aliphatic rings. The quantitative estimate of drug-likeness (QED) is 0.583. The smallest absolute Gasteiger partial charge is 0.242 e. The Labute approximate surface area is 122 Å². The summed E-state index contributed by atoms with van der Waals surface area (Å²) in [4.78, 5) is 23.6. The number of halogens is 1. The van der Waals surface area contributed by atoms with Gasteiger partial charge in [0, 0.05) is 19.5 Å². The topological polar surface area (TPSA) is 70.2 Å². The third kappa shape index (κ3) is 9.73. The molecule has 1 unspecified atom stereocenters. The molecule has 5 nitrogen and oxygen atoms in total. The highest BCUT2D eigenvalue weighted by Gasteiger charge is 2.23. The molecule has 6 heteroatoms. The van der Waals surface area contributed by atoms with Gasteiger partial charge in [0.05, 0.1) is 0 Å². The Balaban J connectivity index is 0. The number of hydrogen-bond acceptors (Lipinski definition) is 3. The predicted molar refractivity (Wildman–Crippen MR) is 80.4 cm³/mol. The fourth-order valence-corrected chi connectivity index (χ4v) is 1.56. The lowest BCUT2D eigenvalue weighted by Gasteiger charge is -2.22. The summed E-state index contributed by atoms with van der Waals surface area (Å²) >= 11 is 0. The number of carbonyl (C=O) groups is 2. The van der Waals surface area contributed by atoms with Crippen LogP contribution in [0.25, 0.3) is 0 Å². The first kappa shape index (κ1) is 20.5. The summed E-state index contributed by atoms with van der Waals surface area (Å²) in [5, 5.41) is 8.57. The molecule has 0 spiro atoms. The maximum absolute atomic E-state index is 11.9. The number of hydrogen-bond donors (Lipinski definition) is 3. The molecule has 0 aromatic carbocycles. The lowest BCUT2D eigenvalue weighted by Crippen LogP contribution is -2.50. The lowest BCUT2D eigenvalue weighted by molar-refractivity contribution is -0.130. The van der Waals surface area contributed by atoms with Crippen molar-refractivity contribution >= 4 is 24.2 Å². The minimum atomic E-state index is -0.451. The Kier molecular flexibility index (Phi) is 11.9. The van der Waals surface area contributed by atoms with Crippen LogP contribution in [0.5, 0.6) is 0 Å². The van der Waals surface area contributed by atoms with Gasteiger partial charge in [-0.1, -0.05) is 27.7 Å². The molecule has 3 N–H and O–H groups in total. The van der Waals surface area contributed by atoms with Crippen molar-refractivity contribution < 1.29 is 9.59 Å². The fourth-order valence-electron chi connectivity index (χ4n) is 1.56. The molecule has 0 rings (SSSR count). The highest BCUT2D eigenvalue weighted by molar-refractivity contribution is 5.87. The summed E-state index contributed by atoms with van der Waals surface area (Å²) in [5.41, 5.74) is 0. The summed E-state index contributed by atoms with van der Waals surface area (Å²) < 4.78 is 0. The van der Waals surface area contributed by atoms with E-state index in [9.17, 15) is 9.59 Å². The minimum absolute atomic E-state index is 0. The van der Waals surface area contributed by atoms with Gasteiger partial charge in [0.15, 0.2) is 0 Å². The lowest BCUT2D eigenvalue weighted by atomic mass is 10.0. The van der Waals surface area contributed by atoms with E-state index in [1.165, 1.54) is 0 Å². The number of carbonyl (C=O) groups excluding carboxylic acids is 2. The van der Waals surface area contributed by atoms with Crippen LogP contribution in [-0.2, 0) is 9.59 Å². The normalized spacial score (nSPS) is 11.9. The number of likely N-dealkylation sites (N-methyl/N-ethyl adjacent to an activating group) is 1. The van der Waals surface area contributed by atoms with Crippen molar-refractivity contribution in [1.29, 1.82) is 0 Å². The molecule has 0 aliphatic carbocycles. The molecule has 0 aromatic heterocycles. The van der Waals surface area contributed by atoms with E-state index in [4.69, 9.17) is 0 Å². The van der Waals surface area contributed by atoms with E-state index in [1.54, 1.807) is 0 Å². The first-order chi connectivity index (χ1) is 8.38. The van der Waals surface area contributed by atoms with Gasteiger partial charge in [0.2, 0.25) is 11.8 Å². The van der Waals surface area contributed by atoms with Crippen LogP contribution in [0.3, 0.4) is 0 Å². The van der Waals surface area contributed by atoms with E-state index in [1.807, 2.05) is 34.7 Å². The van der Waals surface area contributed by atoms with Crippen LogP contribution in [0.4, 0.5) is 0 Å². The molecule has 0 radical (unpaired) electrons. The van der Waals surface area contributed by atoms with Crippen LogP contribution in [0, 0.1) is 11.8 Å². The second kappa shape index (κ2) is 11.1. The summed E-state index contributed by atoms with van der Waals surface area (Å²) in [5.74, 6) is 0.200. The van der Waals surface area contributed by atoms with Gasteiger partial charge in [-0.15, -0.1) is 12.4 Å². The summed E-state index contributed by atoms with van der Waals surface area (Å²) in [6.07, 6.45) is 0.451. The van der Waals surface area contributed by atoms with Crippen molar-refractivity contribution in [2.75, 3.05) is 20.1 Å². The van der Waals surface area contributed by atoms with Crippen molar-refractivity contribution in [2.24, 2.45) is 11.8 Å². The third-order valence-electron chi connectivity index (χ3n) is 2.53. The molecule has 0 saturated carbocycles. The molecular weight excluding hydrogens is 266 g/mol. The Hall–Kier alpha value is -0.810. The van der Waals surface area contributed by atoms with Crippen LogP contribution in [0.15, 0.2) is 0 Å². The highest BCUT2D eigenvalue weighted by Crippen LogP contribution is 2.04. The molecule has 0 aliphatic heterocycles. The van der Waals surface area contributed by atoms with Crippen molar-refractivity contribution in [3.05, 3.63) is 0 Å². The van der Waals surface area contributed by atoms with E-state index >= 15 is 0 Å². The molecule has 0 saturated heterocycles. The molecule has 2 amide bonds. The van der Waals surface area contributed by atoms with Crippen molar-refractivity contribution in [3.63, 3.8) is 0 Å². The van der Waals surface area contributed by atoms with Crippen molar-refractivity contribution in [3.8, 4) is 0 Å². The van der Waals surface area contributed by atoms with Gasteiger partial charge in [-0.2, -0.15) is 0 Å². The van der Waals surface area contributed by atoms with Crippen molar-refractivity contribution in [1.82, 2.24) is 16.0 Å². The van der Waals surface area contributed by atoms with Crippen LogP contribution in [0.2, 0.25) is 0 Å². The van der Waals surface area contributed by atoms with Gasteiger partial charge < -0.3 is 16.0 Å². The van der Waals surface area contributed by atoms with E-state index in [0.717, 1.165) is 6.54 Å². The Morgan fingerprint density at radius 3 is 2.05 bits per heavy atom. The first-order valence-corrected chi connectivity index (χ1v) is 6.60. The summed E-state index contributed by atoms with van der Waals surface area (Å²) in [7, 11) is 1.83. The number of nitrogens with one attached hydrogen (secondary N) is 3. The fraction of sp³-hybridized carbons (Fsp3) is 0.846. The van der Waals surface area contributed by atoms with E-state index < -0.39 is 6.04 Å². The molecule has 114 valence electrons. The molecule has 0 fully saturated rings. The van der Waals surface area contributed by atoms with E-state index in [2.05, 4.69) is 16.0 Å². The molecule has 0 bridgehead atoms. The average molecular weight is 294 g/mol. The largest absolute Gasteiger partial charge is 0.353 e. The molecule has 19 heavy (non-hydrogen) atoms. The van der Waals surface area contributed by atoms with Crippen LogP contribution >= 0.6 is 12.4 Å². The SMILES string of the molecule is CNCCNC(=O)C(NC(=O)CC(C)C)C(C)C.Cl. The van der Waals surface area contributed by atoms with E-state index in [-0.39, 0.29) is 30.1 Å². The first-order valence-electron chi connectivity index (χ1n) is 6.60. The Morgan fingerprint density at radius 2 is 1.63 bits per heavy atom. The minimum Gasteiger partial charge on any atom is -0.353 e. The molecule has 0 heterocycles. The van der Waals surface area contributed by atoms with Gasteiger partial charge in [0.1, 0.15) is 6.04 Å². The third-order valence-corrected chi connectivity index (χ3v) is 2.53. The van der Waals surface area contributed by atoms with Gasteiger partial charge in [-0.25, -0.2) is 0 Å². The standard InChI is InChI=1S/C13H27N3O2.ClH/c1-9(2)8-11(17)16-12(10(3)4)13(18)15-7-6-14-5;/h9-10,12,14H,6-8H2,1-5H3,(H,15,18)(H,16,17);1H. The van der Waals surface area contributed by atoms with Gasteiger partial charge in [-0.05, 0) is 18.9 Å². The van der Waals surface area contributed by atoms with Crippen LogP contribution < -0.4 is 16.0 Å². The van der Waals surface area contributed by atoms with Crippen LogP contribution in [-0.4, -0.2) is 38.0 Å². The van der Waals surface area contributed by atoms with Gasteiger partial charge >= 0.3 is 0 Å². The Bertz CT molecular complexity index is 271. The van der Waals surface area contributed by atoms with Gasteiger partial charge in [-0.3, -0.25) is 9.59 Å². The monoisotopic (exact) mass is 293 g/mol. The zero-order chi connectivity index (χ0) is 14.1. The summed E-state index contributed by atoms with van der Waals surface area (Å²) in [6, 6.07) is -0.451. The Morgan fingerprint density at radius 1 is 1.05 bits per heavy atom. The van der Waals surface area contributed by atoms with Crippen molar-refractivity contribution in [2.45, 2.75) is 40.2 Å². The molecular formula is C13H28ClN3O2. The second-order valence-corrected chi connectivity index (χ2v) is 5.28. The highest BCUT2D eigenvalue weighted by atomic mass is 35.5. The zero-order valence-electron chi connectivity index (χ0n) is 12.6. The maximum Gasteiger partial charge on any atom is 0.242 e. The molecule has 1 atom stereocenters. The molecule has 0 aromatic rings. The predicted octanol–water partition coefficient (Wildman–Crippen LogP) is 0.931. The van der Waals surface area contributed by atoms with E-state index in [0.29, 0.717) is 18.9 Å².